The summed E-state index contributed by atoms with van der Waals surface area (Å²) in [5, 5.41) is 29.6. The van der Waals surface area contributed by atoms with E-state index in [1.807, 2.05) is 13.8 Å². The first-order chi connectivity index (χ1) is 28.6. The van der Waals surface area contributed by atoms with Crippen molar-refractivity contribution < 1.29 is 57.9 Å². The summed E-state index contributed by atoms with van der Waals surface area (Å²) in [6.45, 7) is 10.1. The summed E-state index contributed by atoms with van der Waals surface area (Å²) in [5.41, 5.74) is 0.965. The highest BCUT2D eigenvalue weighted by Gasteiger charge is 2.55. The number of unbranched alkanes of at least 4 members (excludes halogenated alkanes) is 9. The summed E-state index contributed by atoms with van der Waals surface area (Å²) in [7, 11) is 0. The Balaban J connectivity index is 1.23. The van der Waals surface area contributed by atoms with Gasteiger partial charge in [-0.1, -0.05) is 90.7 Å². The van der Waals surface area contributed by atoms with Crippen LogP contribution in [0.25, 0.3) is 0 Å². The van der Waals surface area contributed by atoms with Crippen LogP contribution < -0.4 is 21.3 Å². The molecule has 3 aliphatic heterocycles. The lowest BCUT2D eigenvalue weighted by atomic mass is 10.0. The number of carboxylic acids is 2. The molecule has 1 aromatic rings. The fourth-order valence-electron chi connectivity index (χ4n) is 7.84. The highest BCUT2D eigenvalue weighted by atomic mass is 16.8. The first-order valence-electron chi connectivity index (χ1n) is 21.7. The third-order valence-corrected chi connectivity index (χ3v) is 11.0. The fourth-order valence-corrected chi connectivity index (χ4v) is 7.84. The molecule has 5 amide bonds. The zero-order valence-electron chi connectivity index (χ0n) is 35.9. The molecule has 17 heteroatoms. The van der Waals surface area contributed by atoms with Crippen LogP contribution in [0.1, 0.15) is 124 Å². The number of hydrogen-bond donors (Lipinski definition) is 6. The number of carboxylic acid groups (broad SMARTS) is 2. The highest BCUT2D eigenvalue weighted by molar-refractivity contribution is 5.95. The number of benzene rings is 1. The number of hydrogen-bond acceptors (Lipinski definition) is 10. The monoisotopic (exact) mass is 845 g/mol. The van der Waals surface area contributed by atoms with Crippen LogP contribution in [0.4, 0.5) is 10.5 Å². The number of nitrogens with one attached hydrogen (secondary N) is 4. The van der Waals surface area contributed by atoms with Gasteiger partial charge in [-0.2, -0.15) is 0 Å². The summed E-state index contributed by atoms with van der Waals surface area (Å²) in [5.74, 6) is -5.85. The van der Waals surface area contributed by atoms with Crippen molar-refractivity contribution in [2.24, 2.45) is 5.92 Å². The molecule has 1 aromatic carbocycles. The van der Waals surface area contributed by atoms with E-state index in [-0.39, 0.29) is 19.5 Å². The van der Waals surface area contributed by atoms with Crippen molar-refractivity contribution in [3.63, 3.8) is 0 Å². The Morgan fingerprint density at radius 3 is 2.17 bits per heavy atom. The van der Waals surface area contributed by atoms with E-state index >= 15 is 0 Å². The zero-order valence-corrected chi connectivity index (χ0v) is 35.9. The number of carbonyl (C=O) groups excluding carboxylic acids is 4. The number of aliphatic carboxylic acids is 2. The number of rotatable bonds is 25. The number of amides is 5. The minimum atomic E-state index is -1.50. The van der Waals surface area contributed by atoms with Gasteiger partial charge in [0.15, 0.2) is 12.1 Å². The molecule has 0 aliphatic carbocycles. The number of anilines is 1. The summed E-state index contributed by atoms with van der Waals surface area (Å²) in [6.07, 6.45) is 10.1. The minimum Gasteiger partial charge on any atom is -0.481 e. The van der Waals surface area contributed by atoms with Gasteiger partial charge >= 0.3 is 18.0 Å². The van der Waals surface area contributed by atoms with Crippen molar-refractivity contribution in [2.75, 3.05) is 25.0 Å². The Labute approximate surface area is 353 Å². The van der Waals surface area contributed by atoms with Gasteiger partial charge in [0.05, 0.1) is 12.8 Å². The van der Waals surface area contributed by atoms with Crippen LogP contribution in [0.2, 0.25) is 0 Å². The fraction of sp³-hybridized carbons (Fsp3) is 0.721. The van der Waals surface area contributed by atoms with E-state index in [1.165, 1.54) is 56.3 Å². The molecule has 60 heavy (non-hydrogen) atoms. The smallest absolute Gasteiger partial charge is 0.326 e. The molecule has 0 bridgehead atoms. The quantitative estimate of drug-likeness (QED) is 0.0736. The lowest BCUT2D eigenvalue weighted by Gasteiger charge is -2.30. The van der Waals surface area contributed by atoms with Crippen LogP contribution in [0.15, 0.2) is 24.3 Å². The van der Waals surface area contributed by atoms with Crippen LogP contribution in [-0.4, -0.2) is 119 Å². The maximum atomic E-state index is 13.3. The average Bonchev–Trinajstić information content (AvgIpc) is 3.88. The zero-order chi connectivity index (χ0) is 43.8. The van der Waals surface area contributed by atoms with Gasteiger partial charge in [0.1, 0.15) is 36.4 Å². The first kappa shape index (κ1) is 48.3. The molecule has 3 saturated heterocycles. The second-order valence-corrected chi connectivity index (χ2v) is 16.8. The van der Waals surface area contributed by atoms with Gasteiger partial charge in [-0.05, 0) is 56.7 Å². The summed E-state index contributed by atoms with van der Waals surface area (Å²) in [4.78, 5) is 77.1. The topological polar surface area (TPSA) is 231 Å². The summed E-state index contributed by atoms with van der Waals surface area (Å²) >= 11 is 0. The first-order valence-corrected chi connectivity index (χ1v) is 21.7. The summed E-state index contributed by atoms with van der Waals surface area (Å²) < 4.78 is 24.5. The van der Waals surface area contributed by atoms with E-state index in [4.69, 9.17) is 18.9 Å². The average molecular weight is 846 g/mol. The van der Waals surface area contributed by atoms with Crippen LogP contribution in [-0.2, 0) is 49.3 Å². The van der Waals surface area contributed by atoms with Crippen molar-refractivity contribution in [3.8, 4) is 0 Å². The Kier molecular flexibility index (Phi) is 19.0. The van der Waals surface area contributed by atoms with E-state index in [0.717, 1.165) is 12.8 Å². The Bertz CT molecular complexity index is 1590. The van der Waals surface area contributed by atoms with Crippen LogP contribution in [0.5, 0.6) is 0 Å². The van der Waals surface area contributed by atoms with E-state index in [2.05, 4.69) is 28.2 Å². The Hall–Kier alpha value is -4.32. The molecule has 3 aliphatic rings. The second kappa shape index (κ2) is 23.6. The van der Waals surface area contributed by atoms with Gasteiger partial charge in [-0.25, -0.2) is 9.59 Å². The van der Waals surface area contributed by atoms with E-state index in [9.17, 15) is 39.0 Å². The maximum Gasteiger partial charge on any atom is 0.326 e. The van der Waals surface area contributed by atoms with E-state index in [1.54, 1.807) is 38.1 Å². The minimum absolute atomic E-state index is 0.144. The maximum absolute atomic E-state index is 13.3. The van der Waals surface area contributed by atoms with Gasteiger partial charge < -0.3 is 55.3 Å². The number of fused-ring (bicyclic) bond motifs is 1. The molecule has 0 saturated carbocycles. The van der Waals surface area contributed by atoms with Gasteiger partial charge in [-0.3, -0.25) is 19.2 Å². The molecular formula is C43H67N5O12. The van der Waals surface area contributed by atoms with Crippen molar-refractivity contribution >= 4 is 41.4 Å². The molecule has 4 rings (SSSR count). The highest BCUT2D eigenvalue weighted by Crippen LogP contribution is 2.38. The molecule has 17 nitrogen and oxygen atoms in total. The van der Waals surface area contributed by atoms with Crippen molar-refractivity contribution in [1.82, 2.24) is 20.9 Å². The number of likely N-dealkylation sites (tertiary alicyclic amines) is 1. The lowest BCUT2D eigenvalue weighted by Crippen LogP contribution is -2.57. The normalized spacial score (nSPS) is 22.8. The number of urea groups is 1. The lowest BCUT2D eigenvalue weighted by molar-refractivity contribution is -0.217. The molecule has 0 radical (unpaired) electrons. The van der Waals surface area contributed by atoms with Gasteiger partial charge in [0.25, 0.3) is 0 Å². The van der Waals surface area contributed by atoms with Gasteiger partial charge in [0, 0.05) is 25.4 Å². The van der Waals surface area contributed by atoms with Gasteiger partial charge in [0.2, 0.25) is 17.7 Å². The molecule has 7 atom stereocenters. The number of nitrogens with zero attached hydrogens (tertiary/aromatic N) is 1. The molecule has 6 N–H and O–H groups in total. The molecule has 3 heterocycles. The summed E-state index contributed by atoms with van der Waals surface area (Å²) in [6, 6.07) is 2.30. The van der Waals surface area contributed by atoms with Gasteiger partial charge in [-0.15, -0.1) is 0 Å². The molecule has 336 valence electrons. The van der Waals surface area contributed by atoms with Crippen molar-refractivity contribution in [1.29, 1.82) is 0 Å². The Morgan fingerprint density at radius 2 is 1.55 bits per heavy atom. The molecule has 0 spiro atoms. The molecule has 0 aromatic heterocycles. The van der Waals surface area contributed by atoms with E-state index in [0.29, 0.717) is 30.7 Å². The molecule has 3 fully saturated rings. The molecular weight excluding hydrogens is 778 g/mol. The molecule has 2 unspecified atom stereocenters. The van der Waals surface area contributed by atoms with Crippen LogP contribution >= 0.6 is 0 Å². The second-order valence-electron chi connectivity index (χ2n) is 16.8. The Morgan fingerprint density at radius 1 is 0.900 bits per heavy atom. The predicted octanol–water partition coefficient (Wildman–Crippen LogP) is 4.71. The van der Waals surface area contributed by atoms with E-state index < -0.39 is 96.5 Å². The largest absolute Gasteiger partial charge is 0.481 e. The van der Waals surface area contributed by atoms with Crippen molar-refractivity contribution in [3.05, 3.63) is 29.8 Å². The van der Waals surface area contributed by atoms with Crippen molar-refractivity contribution in [2.45, 2.75) is 173 Å². The predicted molar refractivity (Wildman–Crippen MR) is 221 cm³/mol. The number of ether oxygens (including phenoxy) is 4. The van der Waals surface area contributed by atoms with Crippen LogP contribution in [0, 0.1) is 5.92 Å². The number of carbonyl (C=O) groups is 6. The third-order valence-electron chi connectivity index (χ3n) is 11.0. The third kappa shape index (κ3) is 15.0. The SMILES string of the molecule is CCCCCCCCCCCCOC1C(CNC(=O)Nc2ccc(CC(=O)N[C@@H](CC(=O)O)C(=O)N[C@H](C(=O)N3CCC[C@H]3C(=O)O)C(C)C)cc2)O[C@@H]2OC(C)(C)O[C@H]12. The van der Waals surface area contributed by atoms with Crippen LogP contribution in [0.3, 0.4) is 0 Å². The standard InChI is InChI=1S/C43H67N5O12/c1-6-7-8-9-10-11-12-13-14-15-23-57-36-32(58-41-37(36)59-43(4,5)60-41)26-44-42(56)45-29-20-18-28(19-21-29)24-33(49)46-30(25-34(50)51)38(52)47-35(27(2)3)39(53)48-22-16-17-31(48)40(54)55/h18-21,27,30-32,35-37,41H,6-17,22-26H2,1-5H3,(H,46,49)(H,47,52)(H,50,51)(H,54,55)(H2,44,45,56)/t30-,31-,32?,35-,36?,37+,41+/m0/s1.